The van der Waals surface area contributed by atoms with Crippen LogP contribution in [0.1, 0.15) is 51.9 Å². The van der Waals surface area contributed by atoms with Gasteiger partial charge in [-0.3, -0.25) is 4.79 Å². The molecular weight excluding hydrogens is 188 g/mol. The maximum absolute atomic E-state index is 11.2. The Hall–Kier alpha value is -0.790. The third-order valence-electron chi connectivity index (χ3n) is 3.42. The molecule has 0 bridgehead atoms. The number of carbonyl (C=O) groups is 1. The van der Waals surface area contributed by atoms with Crippen molar-refractivity contribution in [3.05, 3.63) is 12.2 Å². The molecule has 1 aliphatic carbocycles. The molecule has 1 saturated carbocycles. The molecule has 1 unspecified atom stereocenters. The first kappa shape index (κ1) is 12.3. The fraction of sp³-hybridized carbons (Fsp3) is 0.769. The third-order valence-corrected chi connectivity index (χ3v) is 3.42. The maximum atomic E-state index is 11.2. The molecule has 2 nitrogen and oxygen atoms in total. The SMILES string of the molecule is C=C(C)CCC(C(=O)O)C1CCCCC1. The zero-order valence-corrected chi connectivity index (χ0v) is 9.67. The van der Waals surface area contributed by atoms with E-state index in [2.05, 4.69) is 6.58 Å². The van der Waals surface area contributed by atoms with Crippen LogP contribution in [0, 0.1) is 11.8 Å². The predicted octanol–water partition coefficient (Wildman–Crippen LogP) is 3.62. The van der Waals surface area contributed by atoms with E-state index in [0.29, 0.717) is 5.92 Å². The summed E-state index contributed by atoms with van der Waals surface area (Å²) in [4.78, 5) is 11.2. The Morgan fingerprint density at radius 3 is 2.47 bits per heavy atom. The number of hydrogen-bond donors (Lipinski definition) is 1. The fourth-order valence-electron chi connectivity index (χ4n) is 2.50. The number of carboxylic acids is 1. The molecule has 0 amide bonds. The van der Waals surface area contributed by atoms with E-state index in [-0.39, 0.29) is 5.92 Å². The lowest BCUT2D eigenvalue weighted by atomic mass is 9.78. The van der Waals surface area contributed by atoms with Gasteiger partial charge in [-0.2, -0.15) is 0 Å². The predicted molar refractivity (Wildman–Crippen MR) is 61.7 cm³/mol. The monoisotopic (exact) mass is 210 g/mol. The summed E-state index contributed by atoms with van der Waals surface area (Å²) in [5.74, 6) is -0.333. The van der Waals surface area contributed by atoms with E-state index in [1.165, 1.54) is 19.3 Å². The Morgan fingerprint density at radius 2 is 2.00 bits per heavy atom. The normalized spacial score (nSPS) is 19.8. The molecule has 1 fully saturated rings. The average molecular weight is 210 g/mol. The average Bonchev–Trinajstić information content (AvgIpc) is 2.18. The van der Waals surface area contributed by atoms with E-state index in [1.807, 2.05) is 6.92 Å². The molecule has 0 heterocycles. The van der Waals surface area contributed by atoms with E-state index >= 15 is 0 Å². The number of rotatable bonds is 5. The molecule has 0 aliphatic heterocycles. The number of allylic oxidation sites excluding steroid dienone is 1. The van der Waals surface area contributed by atoms with Gasteiger partial charge in [0.1, 0.15) is 0 Å². The lowest BCUT2D eigenvalue weighted by Gasteiger charge is -2.27. The van der Waals surface area contributed by atoms with Gasteiger partial charge in [0.15, 0.2) is 0 Å². The maximum Gasteiger partial charge on any atom is 0.306 e. The molecule has 1 rings (SSSR count). The Morgan fingerprint density at radius 1 is 1.40 bits per heavy atom. The first-order valence-corrected chi connectivity index (χ1v) is 5.98. The second kappa shape index (κ2) is 5.94. The number of hydrogen-bond acceptors (Lipinski definition) is 1. The molecular formula is C13H22O2. The largest absolute Gasteiger partial charge is 0.481 e. The Balaban J connectivity index is 2.48. The van der Waals surface area contributed by atoms with Crippen molar-refractivity contribution in [2.75, 3.05) is 0 Å². The van der Waals surface area contributed by atoms with E-state index in [0.717, 1.165) is 31.3 Å². The highest BCUT2D eigenvalue weighted by atomic mass is 16.4. The van der Waals surface area contributed by atoms with Crippen molar-refractivity contribution in [3.8, 4) is 0 Å². The molecule has 1 aliphatic rings. The Bertz CT molecular complexity index is 227. The van der Waals surface area contributed by atoms with Crippen LogP contribution in [-0.4, -0.2) is 11.1 Å². The summed E-state index contributed by atoms with van der Waals surface area (Å²) in [6.45, 7) is 5.81. The summed E-state index contributed by atoms with van der Waals surface area (Å²) in [7, 11) is 0. The first-order valence-electron chi connectivity index (χ1n) is 5.98. The zero-order chi connectivity index (χ0) is 11.3. The molecule has 15 heavy (non-hydrogen) atoms. The standard InChI is InChI=1S/C13H22O2/c1-10(2)8-9-12(13(14)15)11-6-4-3-5-7-11/h11-12H,1,3-9H2,2H3,(H,14,15). The summed E-state index contributed by atoms with van der Waals surface area (Å²) >= 11 is 0. The molecule has 0 spiro atoms. The molecule has 0 saturated heterocycles. The van der Waals surface area contributed by atoms with E-state index < -0.39 is 5.97 Å². The summed E-state index contributed by atoms with van der Waals surface area (Å²) in [6, 6.07) is 0. The quantitative estimate of drug-likeness (QED) is 0.704. The fourth-order valence-corrected chi connectivity index (χ4v) is 2.50. The lowest BCUT2D eigenvalue weighted by molar-refractivity contribution is -0.144. The second-order valence-electron chi connectivity index (χ2n) is 4.84. The van der Waals surface area contributed by atoms with Gasteiger partial charge in [0.05, 0.1) is 5.92 Å². The molecule has 0 aromatic carbocycles. The van der Waals surface area contributed by atoms with Crippen LogP contribution < -0.4 is 0 Å². The van der Waals surface area contributed by atoms with Gasteiger partial charge in [-0.1, -0.05) is 24.8 Å². The van der Waals surface area contributed by atoms with E-state index in [1.54, 1.807) is 0 Å². The van der Waals surface area contributed by atoms with Gasteiger partial charge >= 0.3 is 5.97 Å². The van der Waals surface area contributed by atoms with Crippen LogP contribution in [0.5, 0.6) is 0 Å². The van der Waals surface area contributed by atoms with E-state index in [9.17, 15) is 9.90 Å². The van der Waals surface area contributed by atoms with Crippen LogP contribution in [0.4, 0.5) is 0 Å². The molecule has 1 atom stereocenters. The third kappa shape index (κ3) is 4.06. The minimum atomic E-state index is -0.608. The van der Waals surface area contributed by atoms with Gasteiger partial charge in [-0.05, 0) is 38.5 Å². The molecule has 0 aromatic rings. The topological polar surface area (TPSA) is 37.3 Å². The van der Waals surface area contributed by atoms with Gasteiger partial charge in [0.25, 0.3) is 0 Å². The van der Waals surface area contributed by atoms with Gasteiger partial charge in [-0.25, -0.2) is 0 Å². The molecule has 2 heteroatoms. The van der Waals surface area contributed by atoms with Crippen molar-refractivity contribution in [3.63, 3.8) is 0 Å². The minimum Gasteiger partial charge on any atom is -0.481 e. The van der Waals surface area contributed by atoms with Crippen molar-refractivity contribution in [2.24, 2.45) is 11.8 Å². The van der Waals surface area contributed by atoms with Crippen LogP contribution >= 0.6 is 0 Å². The number of carboxylic acid groups (broad SMARTS) is 1. The van der Waals surface area contributed by atoms with Crippen LogP contribution in [0.15, 0.2) is 12.2 Å². The van der Waals surface area contributed by atoms with Crippen molar-refractivity contribution in [2.45, 2.75) is 51.9 Å². The molecule has 1 N–H and O–H groups in total. The van der Waals surface area contributed by atoms with Crippen LogP contribution in [0.3, 0.4) is 0 Å². The van der Waals surface area contributed by atoms with Gasteiger partial charge in [0, 0.05) is 0 Å². The van der Waals surface area contributed by atoms with Gasteiger partial charge < -0.3 is 5.11 Å². The smallest absolute Gasteiger partial charge is 0.306 e. The second-order valence-corrected chi connectivity index (χ2v) is 4.84. The van der Waals surface area contributed by atoms with Gasteiger partial charge in [-0.15, -0.1) is 6.58 Å². The summed E-state index contributed by atoms with van der Waals surface area (Å²) in [6.07, 6.45) is 7.54. The van der Waals surface area contributed by atoms with Crippen molar-refractivity contribution >= 4 is 5.97 Å². The van der Waals surface area contributed by atoms with Crippen molar-refractivity contribution < 1.29 is 9.90 Å². The Kier molecular flexibility index (Phi) is 4.86. The van der Waals surface area contributed by atoms with Gasteiger partial charge in [0.2, 0.25) is 0 Å². The summed E-state index contributed by atoms with van der Waals surface area (Å²) < 4.78 is 0. The first-order chi connectivity index (χ1) is 7.11. The Labute approximate surface area is 92.4 Å². The van der Waals surface area contributed by atoms with Crippen LogP contribution in [-0.2, 0) is 4.79 Å². The van der Waals surface area contributed by atoms with Crippen LogP contribution in [0.2, 0.25) is 0 Å². The highest BCUT2D eigenvalue weighted by Crippen LogP contribution is 2.33. The summed E-state index contributed by atoms with van der Waals surface area (Å²) in [5, 5.41) is 9.21. The highest BCUT2D eigenvalue weighted by Gasteiger charge is 2.28. The van der Waals surface area contributed by atoms with E-state index in [4.69, 9.17) is 0 Å². The minimum absolute atomic E-state index is 0.137. The zero-order valence-electron chi connectivity index (χ0n) is 9.67. The van der Waals surface area contributed by atoms with Crippen molar-refractivity contribution in [1.82, 2.24) is 0 Å². The highest BCUT2D eigenvalue weighted by molar-refractivity contribution is 5.70. The van der Waals surface area contributed by atoms with Crippen molar-refractivity contribution in [1.29, 1.82) is 0 Å². The van der Waals surface area contributed by atoms with Crippen LogP contribution in [0.25, 0.3) is 0 Å². The summed E-state index contributed by atoms with van der Waals surface area (Å²) in [5.41, 5.74) is 1.09. The lowest BCUT2D eigenvalue weighted by Crippen LogP contribution is -2.25. The number of aliphatic carboxylic acids is 1. The molecule has 0 aromatic heterocycles. The molecule has 86 valence electrons. The molecule has 0 radical (unpaired) electrons.